The van der Waals surface area contributed by atoms with Gasteiger partial charge in [0.2, 0.25) is 0 Å². The molecule has 1 amide bonds. The first-order chi connectivity index (χ1) is 13.5. The summed E-state index contributed by atoms with van der Waals surface area (Å²) in [4.78, 5) is 21.9. The van der Waals surface area contributed by atoms with Crippen LogP contribution in [0.5, 0.6) is 5.75 Å². The summed E-state index contributed by atoms with van der Waals surface area (Å²) in [5.74, 6) is 2.32. The fraction of sp³-hybridized carbons (Fsp3) is 0.545. The van der Waals surface area contributed by atoms with Crippen molar-refractivity contribution >= 4 is 5.91 Å². The summed E-state index contributed by atoms with van der Waals surface area (Å²) in [7, 11) is 5.85. The zero-order valence-electron chi connectivity index (χ0n) is 17.5. The quantitative estimate of drug-likeness (QED) is 0.736. The monoisotopic (exact) mass is 384 g/mol. The van der Waals surface area contributed by atoms with Crippen molar-refractivity contribution in [3.05, 3.63) is 47.5 Å². The molecule has 1 atom stereocenters. The highest BCUT2D eigenvalue weighted by Gasteiger charge is 2.28. The Balaban J connectivity index is 1.68. The summed E-state index contributed by atoms with van der Waals surface area (Å²) >= 11 is 0. The van der Waals surface area contributed by atoms with Gasteiger partial charge in [-0.1, -0.05) is 0 Å². The molecule has 0 saturated carbocycles. The molecule has 1 aromatic heterocycles. The van der Waals surface area contributed by atoms with E-state index < -0.39 is 0 Å². The second-order valence-electron chi connectivity index (χ2n) is 7.91. The number of carbonyl (C=O) groups excluding carboxylic acids is 1. The summed E-state index contributed by atoms with van der Waals surface area (Å²) in [5, 5.41) is 0. The highest BCUT2D eigenvalue weighted by molar-refractivity contribution is 5.94. The number of amides is 1. The van der Waals surface area contributed by atoms with Crippen molar-refractivity contribution in [1.82, 2.24) is 19.4 Å². The zero-order chi connectivity index (χ0) is 20.1. The first-order valence-corrected chi connectivity index (χ1v) is 10.1. The molecule has 0 bridgehead atoms. The summed E-state index contributed by atoms with van der Waals surface area (Å²) in [5.41, 5.74) is 1.71. The Morgan fingerprint density at radius 2 is 2.18 bits per heavy atom. The third-order valence-electron chi connectivity index (χ3n) is 5.47. The van der Waals surface area contributed by atoms with Crippen LogP contribution in [0.3, 0.4) is 0 Å². The van der Waals surface area contributed by atoms with Crippen LogP contribution in [0.4, 0.5) is 0 Å². The summed E-state index contributed by atoms with van der Waals surface area (Å²) in [6, 6.07) is 5.66. The predicted molar refractivity (Wildman–Crippen MR) is 111 cm³/mol. The molecule has 1 aliphatic heterocycles. The zero-order valence-corrected chi connectivity index (χ0v) is 17.5. The lowest BCUT2D eigenvalue weighted by Crippen LogP contribution is -2.39. The summed E-state index contributed by atoms with van der Waals surface area (Å²) < 4.78 is 7.58. The van der Waals surface area contributed by atoms with Crippen LogP contribution in [0.1, 0.15) is 46.9 Å². The summed E-state index contributed by atoms with van der Waals surface area (Å²) in [6.07, 6.45) is 7.14. The second kappa shape index (κ2) is 9.24. The molecule has 1 aliphatic rings. The molecule has 1 saturated heterocycles. The van der Waals surface area contributed by atoms with Gasteiger partial charge in [0.25, 0.3) is 5.91 Å². The van der Waals surface area contributed by atoms with E-state index in [0.717, 1.165) is 68.1 Å². The van der Waals surface area contributed by atoms with Crippen LogP contribution in [0.25, 0.3) is 0 Å². The molecule has 152 valence electrons. The van der Waals surface area contributed by atoms with E-state index in [9.17, 15) is 4.79 Å². The maximum atomic E-state index is 13.1. The minimum atomic E-state index is 0.0983. The first kappa shape index (κ1) is 20.4. The van der Waals surface area contributed by atoms with Gasteiger partial charge in [-0.15, -0.1) is 0 Å². The lowest BCUT2D eigenvalue weighted by molar-refractivity contribution is 0.0703. The largest absolute Gasteiger partial charge is 0.496 e. The van der Waals surface area contributed by atoms with Crippen molar-refractivity contribution in [1.29, 1.82) is 0 Å². The van der Waals surface area contributed by atoms with Gasteiger partial charge >= 0.3 is 0 Å². The first-order valence-electron chi connectivity index (χ1n) is 10.1. The molecule has 2 heterocycles. The maximum Gasteiger partial charge on any atom is 0.253 e. The normalized spacial score (nSPS) is 17.2. The van der Waals surface area contributed by atoms with E-state index in [4.69, 9.17) is 4.74 Å². The molecule has 3 rings (SSSR count). The Kier molecular flexibility index (Phi) is 6.73. The van der Waals surface area contributed by atoms with Crippen LogP contribution in [0.15, 0.2) is 30.6 Å². The average Bonchev–Trinajstić information content (AvgIpc) is 3.15. The van der Waals surface area contributed by atoms with E-state index in [1.165, 1.54) is 0 Å². The van der Waals surface area contributed by atoms with Gasteiger partial charge in [0.05, 0.1) is 7.11 Å². The summed E-state index contributed by atoms with van der Waals surface area (Å²) in [6.45, 7) is 5.54. The molecule has 1 unspecified atom stereocenters. The smallest absolute Gasteiger partial charge is 0.253 e. The number of aromatic nitrogens is 2. The fourth-order valence-electron chi connectivity index (χ4n) is 3.99. The van der Waals surface area contributed by atoms with E-state index in [1.807, 2.05) is 36.2 Å². The number of imidazole rings is 1. The number of hydrogen-bond donors (Lipinski definition) is 0. The third kappa shape index (κ3) is 4.73. The highest BCUT2D eigenvalue weighted by Crippen LogP contribution is 2.28. The standard InChI is InChI=1S/C22H32N4O2/c1-17-15-18(8-9-20(17)28-4)22(27)26-12-5-7-19(16-26)21-23-10-14-25(21)13-6-11-24(2)3/h8-10,14-15,19H,5-7,11-13,16H2,1-4H3. The Morgan fingerprint density at radius 3 is 2.89 bits per heavy atom. The Bertz CT molecular complexity index is 800. The van der Waals surface area contributed by atoms with Gasteiger partial charge in [-0.05, 0) is 70.6 Å². The Labute approximate surface area is 168 Å². The maximum absolute atomic E-state index is 13.1. The second-order valence-corrected chi connectivity index (χ2v) is 7.91. The number of carbonyl (C=O) groups is 1. The van der Waals surface area contributed by atoms with Gasteiger partial charge in [0, 0.05) is 43.5 Å². The van der Waals surface area contributed by atoms with Gasteiger partial charge in [-0.25, -0.2) is 4.98 Å². The predicted octanol–water partition coefficient (Wildman–Crippen LogP) is 3.17. The van der Waals surface area contributed by atoms with Crippen LogP contribution in [-0.2, 0) is 6.54 Å². The van der Waals surface area contributed by atoms with E-state index in [0.29, 0.717) is 5.92 Å². The molecule has 6 nitrogen and oxygen atoms in total. The third-order valence-corrected chi connectivity index (χ3v) is 5.47. The number of methoxy groups -OCH3 is 1. The molecule has 0 aliphatic carbocycles. The van der Waals surface area contributed by atoms with E-state index in [2.05, 4.69) is 34.7 Å². The number of benzene rings is 1. The molecule has 1 aromatic carbocycles. The molecular formula is C22H32N4O2. The van der Waals surface area contributed by atoms with Crippen molar-refractivity contribution in [2.24, 2.45) is 0 Å². The minimum absolute atomic E-state index is 0.0983. The molecule has 0 spiro atoms. The van der Waals surface area contributed by atoms with Crippen molar-refractivity contribution < 1.29 is 9.53 Å². The molecule has 0 N–H and O–H groups in total. The van der Waals surface area contributed by atoms with Crippen LogP contribution in [0, 0.1) is 6.92 Å². The highest BCUT2D eigenvalue weighted by atomic mass is 16.5. The molecule has 1 fully saturated rings. The Morgan fingerprint density at radius 1 is 1.36 bits per heavy atom. The van der Waals surface area contributed by atoms with Crippen molar-refractivity contribution in [3.8, 4) is 5.75 Å². The molecule has 2 aromatic rings. The number of likely N-dealkylation sites (tertiary alicyclic amines) is 1. The van der Waals surface area contributed by atoms with Crippen LogP contribution < -0.4 is 4.74 Å². The van der Waals surface area contributed by atoms with Gasteiger partial charge in [-0.3, -0.25) is 4.79 Å². The van der Waals surface area contributed by atoms with Crippen LogP contribution >= 0.6 is 0 Å². The SMILES string of the molecule is COc1ccc(C(=O)N2CCCC(c3nccn3CCCN(C)C)C2)cc1C. The van der Waals surface area contributed by atoms with Crippen LogP contribution in [-0.4, -0.2) is 66.1 Å². The molecule has 0 radical (unpaired) electrons. The molecule has 6 heteroatoms. The van der Waals surface area contributed by atoms with E-state index in [-0.39, 0.29) is 5.91 Å². The number of piperidine rings is 1. The number of aryl methyl sites for hydroxylation is 2. The van der Waals surface area contributed by atoms with Crippen LogP contribution in [0.2, 0.25) is 0 Å². The molecular weight excluding hydrogens is 352 g/mol. The lowest BCUT2D eigenvalue weighted by Gasteiger charge is -2.33. The topological polar surface area (TPSA) is 50.6 Å². The van der Waals surface area contributed by atoms with Crippen molar-refractivity contribution in [3.63, 3.8) is 0 Å². The average molecular weight is 385 g/mol. The number of nitrogens with zero attached hydrogens (tertiary/aromatic N) is 4. The minimum Gasteiger partial charge on any atom is -0.496 e. The number of hydrogen-bond acceptors (Lipinski definition) is 4. The van der Waals surface area contributed by atoms with Gasteiger partial charge < -0.3 is 19.1 Å². The number of ether oxygens (including phenoxy) is 1. The molecule has 28 heavy (non-hydrogen) atoms. The van der Waals surface area contributed by atoms with E-state index >= 15 is 0 Å². The van der Waals surface area contributed by atoms with Gasteiger partial charge in [0.15, 0.2) is 0 Å². The lowest BCUT2D eigenvalue weighted by atomic mass is 9.96. The van der Waals surface area contributed by atoms with Crippen molar-refractivity contribution in [2.45, 2.75) is 38.6 Å². The fourth-order valence-corrected chi connectivity index (χ4v) is 3.99. The van der Waals surface area contributed by atoms with Gasteiger partial charge in [0.1, 0.15) is 11.6 Å². The number of rotatable bonds is 7. The Hall–Kier alpha value is -2.34. The van der Waals surface area contributed by atoms with E-state index in [1.54, 1.807) is 7.11 Å². The van der Waals surface area contributed by atoms with Gasteiger partial charge in [-0.2, -0.15) is 0 Å². The van der Waals surface area contributed by atoms with Crippen molar-refractivity contribution in [2.75, 3.05) is 40.8 Å².